The van der Waals surface area contributed by atoms with E-state index in [0.717, 1.165) is 49.4 Å². The zero-order valence-corrected chi connectivity index (χ0v) is 18.6. The molecule has 28 heavy (non-hydrogen) atoms. The Labute approximate surface area is 184 Å². The summed E-state index contributed by atoms with van der Waals surface area (Å²) in [5.74, 6) is 1.07. The number of halogens is 1. The van der Waals surface area contributed by atoms with Crippen molar-refractivity contribution >= 4 is 41.5 Å². The molecule has 0 atom stereocenters. The highest BCUT2D eigenvalue weighted by atomic mass is 127. The number of aliphatic imine (C=N–C) groups is 1. The van der Waals surface area contributed by atoms with E-state index < -0.39 is 0 Å². The van der Waals surface area contributed by atoms with Crippen molar-refractivity contribution in [3.63, 3.8) is 0 Å². The van der Waals surface area contributed by atoms with Crippen LogP contribution in [0.25, 0.3) is 0 Å². The van der Waals surface area contributed by atoms with Gasteiger partial charge in [0.2, 0.25) is 5.91 Å². The van der Waals surface area contributed by atoms with Crippen LogP contribution in [-0.2, 0) is 17.9 Å². The lowest BCUT2D eigenvalue weighted by atomic mass is 10.1. The highest BCUT2D eigenvalue weighted by Gasteiger charge is 2.22. The minimum atomic E-state index is 0. The Morgan fingerprint density at radius 1 is 0.964 bits per heavy atom. The summed E-state index contributed by atoms with van der Waals surface area (Å²) in [6.07, 6.45) is 4.35. The van der Waals surface area contributed by atoms with Crippen LogP contribution >= 0.6 is 24.0 Å². The lowest BCUT2D eigenvalue weighted by Crippen LogP contribution is -2.36. The van der Waals surface area contributed by atoms with Gasteiger partial charge in [-0.2, -0.15) is 0 Å². The van der Waals surface area contributed by atoms with Crippen LogP contribution in [0.3, 0.4) is 0 Å². The van der Waals surface area contributed by atoms with Crippen molar-refractivity contribution in [3.8, 4) is 0 Å². The molecular formula is C22H29IN4O. The third kappa shape index (κ3) is 6.82. The number of nitrogens with zero attached hydrogens (tertiary/aromatic N) is 1. The van der Waals surface area contributed by atoms with E-state index in [0.29, 0.717) is 6.54 Å². The van der Waals surface area contributed by atoms with Gasteiger partial charge in [0.25, 0.3) is 0 Å². The standard InChI is InChI=1S/C22H28N4O.HI/c1-23-22(24-15-17-8-3-2-4-9-17)25-16-18-10-7-13-20(14-18)26-21(27)19-11-5-6-12-19;/h2-4,7-10,13-14,19H,5-6,11-12,15-16H2,1H3,(H,26,27)(H2,23,24,25);1H. The predicted molar refractivity (Wildman–Crippen MR) is 126 cm³/mol. The molecule has 6 heteroatoms. The maximum atomic E-state index is 12.3. The lowest BCUT2D eigenvalue weighted by Gasteiger charge is -2.14. The summed E-state index contributed by atoms with van der Waals surface area (Å²) in [5.41, 5.74) is 3.16. The zero-order valence-electron chi connectivity index (χ0n) is 16.3. The smallest absolute Gasteiger partial charge is 0.227 e. The maximum absolute atomic E-state index is 12.3. The summed E-state index contributed by atoms with van der Waals surface area (Å²) >= 11 is 0. The molecule has 2 aromatic carbocycles. The Morgan fingerprint density at radius 2 is 1.61 bits per heavy atom. The molecule has 3 N–H and O–H groups in total. The Morgan fingerprint density at radius 3 is 2.29 bits per heavy atom. The van der Waals surface area contributed by atoms with Crippen LogP contribution in [0.1, 0.15) is 36.8 Å². The van der Waals surface area contributed by atoms with E-state index in [9.17, 15) is 4.79 Å². The molecule has 0 saturated heterocycles. The molecular weight excluding hydrogens is 463 g/mol. The van der Waals surface area contributed by atoms with Crippen LogP contribution in [0.2, 0.25) is 0 Å². The third-order valence-corrected chi connectivity index (χ3v) is 4.91. The first-order valence-corrected chi connectivity index (χ1v) is 9.63. The van der Waals surface area contributed by atoms with Gasteiger partial charge in [0.05, 0.1) is 0 Å². The fourth-order valence-electron chi connectivity index (χ4n) is 3.38. The average molecular weight is 492 g/mol. The van der Waals surface area contributed by atoms with Crippen LogP contribution in [0, 0.1) is 5.92 Å². The van der Waals surface area contributed by atoms with Gasteiger partial charge in [0, 0.05) is 31.7 Å². The molecule has 0 spiro atoms. The van der Waals surface area contributed by atoms with E-state index in [1.54, 1.807) is 7.05 Å². The van der Waals surface area contributed by atoms with E-state index in [4.69, 9.17) is 0 Å². The molecule has 0 heterocycles. The quantitative estimate of drug-likeness (QED) is 0.320. The second-order valence-corrected chi connectivity index (χ2v) is 6.94. The molecule has 5 nitrogen and oxygen atoms in total. The van der Waals surface area contributed by atoms with E-state index in [-0.39, 0.29) is 35.8 Å². The number of amides is 1. The minimum Gasteiger partial charge on any atom is -0.352 e. The number of rotatable bonds is 6. The summed E-state index contributed by atoms with van der Waals surface area (Å²) in [4.78, 5) is 16.6. The SMILES string of the molecule is CN=C(NCc1ccccc1)NCc1cccc(NC(=O)C2CCCC2)c1.I. The molecule has 1 fully saturated rings. The predicted octanol–water partition coefficient (Wildman–Crippen LogP) is 4.30. The number of benzene rings is 2. The van der Waals surface area contributed by atoms with Crippen LogP contribution in [0.5, 0.6) is 0 Å². The number of guanidine groups is 1. The summed E-state index contributed by atoms with van der Waals surface area (Å²) < 4.78 is 0. The van der Waals surface area contributed by atoms with Gasteiger partial charge in [-0.1, -0.05) is 55.3 Å². The highest BCUT2D eigenvalue weighted by molar-refractivity contribution is 14.0. The number of hydrogen-bond donors (Lipinski definition) is 3. The van der Waals surface area contributed by atoms with Gasteiger partial charge < -0.3 is 16.0 Å². The molecule has 1 saturated carbocycles. The fourth-order valence-corrected chi connectivity index (χ4v) is 3.38. The van der Waals surface area contributed by atoms with Gasteiger partial charge in [0.15, 0.2) is 5.96 Å². The minimum absolute atomic E-state index is 0. The number of hydrogen-bond acceptors (Lipinski definition) is 2. The number of carbonyl (C=O) groups excluding carboxylic acids is 1. The van der Waals surface area contributed by atoms with Crippen molar-refractivity contribution in [1.29, 1.82) is 0 Å². The van der Waals surface area contributed by atoms with Gasteiger partial charge in [-0.15, -0.1) is 24.0 Å². The number of anilines is 1. The summed E-state index contributed by atoms with van der Waals surface area (Å²) in [6.45, 7) is 1.36. The molecule has 2 aromatic rings. The summed E-state index contributed by atoms with van der Waals surface area (Å²) in [5, 5.41) is 9.69. The van der Waals surface area contributed by atoms with Crippen LogP contribution in [-0.4, -0.2) is 18.9 Å². The van der Waals surface area contributed by atoms with Gasteiger partial charge >= 0.3 is 0 Å². The molecule has 0 unspecified atom stereocenters. The molecule has 1 amide bonds. The van der Waals surface area contributed by atoms with Gasteiger partial charge in [0.1, 0.15) is 0 Å². The molecule has 1 aliphatic rings. The number of nitrogens with one attached hydrogen (secondary N) is 3. The molecule has 150 valence electrons. The Balaban J connectivity index is 0.00000280. The Bertz CT molecular complexity index is 773. The normalized spacial score (nSPS) is 14.2. The largest absolute Gasteiger partial charge is 0.352 e. The molecule has 0 radical (unpaired) electrons. The molecule has 0 aromatic heterocycles. The lowest BCUT2D eigenvalue weighted by molar-refractivity contribution is -0.119. The van der Waals surface area contributed by atoms with E-state index >= 15 is 0 Å². The summed E-state index contributed by atoms with van der Waals surface area (Å²) in [7, 11) is 1.76. The maximum Gasteiger partial charge on any atom is 0.227 e. The summed E-state index contributed by atoms with van der Waals surface area (Å²) in [6, 6.07) is 18.2. The van der Waals surface area contributed by atoms with Crippen LogP contribution in [0.4, 0.5) is 5.69 Å². The molecule has 3 rings (SSSR count). The van der Waals surface area contributed by atoms with Crippen LogP contribution < -0.4 is 16.0 Å². The van der Waals surface area contributed by atoms with Gasteiger partial charge in [-0.25, -0.2) is 0 Å². The van der Waals surface area contributed by atoms with Crippen molar-refractivity contribution in [2.75, 3.05) is 12.4 Å². The second kappa shape index (κ2) is 11.7. The zero-order chi connectivity index (χ0) is 18.9. The topological polar surface area (TPSA) is 65.5 Å². The van der Waals surface area contributed by atoms with Crippen molar-refractivity contribution in [2.24, 2.45) is 10.9 Å². The van der Waals surface area contributed by atoms with E-state index in [1.165, 1.54) is 5.56 Å². The molecule has 0 bridgehead atoms. The first kappa shape index (κ1) is 22.2. The van der Waals surface area contributed by atoms with E-state index in [2.05, 4.69) is 33.1 Å². The van der Waals surface area contributed by atoms with Gasteiger partial charge in [-0.05, 0) is 36.1 Å². The first-order valence-electron chi connectivity index (χ1n) is 9.63. The molecule has 0 aliphatic heterocycles. The van der Waals surface area contributed by atoms with E-state index in [1.807, 2.05) is 42.5 Å². The first-order chi connectivity index (χ1) is 13.2. The van der Waals surface area contributed by atoms with Gasteiger partial charge in [-0.3, -0.25) is 9.79 Å². The van der Waals surface area contributed by atoms with Crippen molar-refractivity contribution in [2.45, 2.75) is 38.8 Å². The highest BCUT2D eigenvalue weighted by Crippen LogP contribution is 2.26. The molecule has 1 aliphatic carbocycles. The fraction of sp³-hybridized carbons (Fsp3) is 0.364. The third-order valence-electron chi connectivity index (χ3n) is 4.91. The Kier molecular flexibility index (Phi) is 9.27. The second-order valence-electron chi connectivity index (χ2n) is 6.94. The average Bonchev–Trinajstić information content (AvgIpc) is 3.24. The van der Waals surface area contributed by atoms with Crippen molar-refractivity contribution in [1.82, 2.24) is 10.6 Å². The monoisotopic (exact) mass is 492 g/mol. The Hall–Kier alpha value is -2.09. The van der Waals surface area contributed by atoms with Crippen molar-refractivity contribution < 1.29 is 4.79 Å². The number of carbonyl (C=O) groups is 1. The van der Waals surface area contributed by atoms with Crippen LogP contribution in [0.15, 0.2) is 59.6 Å². The van der Waals surface area contributed by atoms with Crippen molar-refractivity contribution in [3.05, 3.63) is 65.7 Å².